The summed E-state index contributed by atoms with van der Waals surface area (Å²) in [6.45, 7) is 3.88. The molecule has 3 fully saturated rings. The summed E-state index contributed by atoms with van der Waals surface area (Å²) in [4.78, 5) is 56.3. The molecule has 0 aromatic rings. The van der Waals surface area contributed by atoms with Crippen LogP contribution in [-0.4, -0.2) is 71.7 Å². The highest BCUT2D eigenvalue weighted by Gasteiger charge is 2.41. The third-order valence-corrected chi connectivity index (χ3v) is 7.92. The molecule has 0 aromatic heterocycles. The van der Waals surface area contributed by atoms with E-state index >= 15 is 0 Å². The summed E-state index contributed by atoms with van der Waals surface area (Å²) < 4.78 is 0. The molecule has 3 atom stereocenters. The number of hydrogen-bond acceptors (Lipinski definition) is 4. The zero-order valence-electron chi connectivity index (χ0n) is 21.2. The average Bonchev–Trinajstić information content (AvgIpc) is 3.34. The molecule has 8 nitrogen and oxygen atoms in total. The second-order valence-electron chi connectivity index (χ2n) is 10.6. The van der Waals surface area contributed by atoms with Crippen molar-refractivity contribution in [3.63, 3.8) is 0 Å². The van der Waals surface area contributed by atoms with Crippen LogP contribution in [0.4, 0.5) is 0 Å². The normalized spacial score (nSPS) is 30.1. The number of likely N-dealkylation sites (tertiary alicyclic amines) is 1. The van der Waals surface area contributed by atoms with E-state index in [2.05, 4.69) is 10.6 Å². The molecule has 2 N–H and O–H groups in total. The summed E-state index contributed by atoms with van der Waals surface area (Å²) in [6, 6.07) is -0.575. The molecule has 0 aromatic carbocycles. The predicted molar refractivity (Wildman–Crippen MR) is 131 cm³/mol. The van der Waals surface area contributed by atoms with E-state index in [9.17, 15) is 19.2 Å². The van der Waals surface area contributed by atoms with Gasteiger partial charge in [0.15, 0.2) is 0 Å². The van der Waals surface area contributed by atoms with Gasteiger partial charge >= 0.3 is 0 Å². The fourth-order valence-corrected chi connectivity index (χ4v) is 5.77. The third-order valence-electron chi connectivity index (χ3n) is 7.92. The minimum Gasteiger partial charge on any atom is -0.357 e. The van der Waals surface area contributed by atoms with Crippen molar-refractivity contribution in [1.82, 2.24) is 20.4 Å². The van der Waals surface area contributed by atoms with Crippen molar-refractivity contribution in [1.29, 1.82) is 0 Å². The number of fused-ring (bicyclic) bond motifs is 1. The van der Waals surface area contributed by atoms with Crippen LogP contribution in [0.15, 0.2) is 0 Å². The van der Waals surface area contributed by atoms with E-state index in [0.717, 1.165) is 77.3 Å². The molecule has 0 saturated carbocycles. The molecular formula is C26H44N4O4. The molecular weight excluding hydrogens is 432 g/mol. The molecule has 3 aliphatic heterocycles. The van der Waals surface area contributed by atoms with Crippen LogP contribution in [0, 0.1) is 5.92 Å². The van der Waals surface area contributed by atoms with Gasteiger partial charge in [-0.1, -0.05) is 38.5 Å². The lowest BCUT2D eigenvalue weighted by Gasteiger charge is -2.34. The molecule has 3 saturated heterocycles. The molecule has 3 heterocycles. The standard InChI is InChI=1S/C26H44N4O4/c1-26(25(34)27-2)15-9-6-4-3-5-8-13-20(19-22(31)29-16-10-7-11-17-29)24(33)30-18-12-14-21(30)23(32)28-26/h20-21H,3-19H2,1-2H3,(H,27,34)(H,28,32)/t20-,21+,26-/m1/s1. The van der Waals surface area contributed by atoms with E-state index in [1.54, 1.807) is 18.9 Å². The van der Waals surface area contributed by atoms with Gasteiger partial charge in [0.1, 0.15) is 11.6 Å². The molecule has 34 heavy (non-hydrogen) atoms. The monoisotopic (exact) mass is 476 g/mol. The number of piperidine rings is 1. The highest BCUT2D eigenvalue weighted by atomic mass is 16.2. The van der Waals surface area contributed by atoms with Crippen LogP contribution in [0.5, 0.6) is 0 Å². The lowest BCUT2D eigenvalue weighted by atomic mass is 9.92. The number of carbonyl (C=O) groups is 4. The molecule has 4 amide bonds. The maximum atomic E-state index is 13.7. The van der Waals surface area contributed by atoms with E-state index in [-0.39, 0.29) is 36.0 Å². The Morgan fingerprint density at radius 3 is 2.26 bits per heavy atom. The molecule has 192 valence electrons. The van der Waals surface area contributed by atoms with Crippen molar-refractivity contribution in [2.24, 2.45) is 5.92 Å². The van der Waals surface area contributed by atoms with Crippen LogP contribution >= 0.6 is 0 Å². The van der Waals surface area contributed by atoms with Crippen molar-refractivity contribution in [2.75, 3.05) is 26.7 Å². The minimum absolute atomic E-state index is 0.0699. The van der Waals surface area contributed by atoms with Crippen LogP contribution in [0.3, 0.4) is 0 Å². The summed E-state index contributed by atoms with van der Waals surface area (Å²) in [5, 5.41) is 5.69. The van der Waals surface area contributed by atoms with Gasteiger partial charge in [0.2, 0.25) is 23.6 Å². The number of amides is 4. The van der Waals surface area contributed by atoms with Gasteiger partial charge in [-0.2, -0.15) is 0 Å². The highest BCUT2D eigenvalue weighted by Crippen LogP contribution is 2.27. The first-order valence-corrected chi connectivity index (χ1v) is 13.5. The van der Waals surface area contributed by atoms with E-state index in [1.165, 1.54) is 0 Å². The second kappa shape index (κ2) is 12.5. The molecule has 3 aliphatic rings. The fraction of sp³-hybridized carbons (Fsp3) is 0.846. The van der Waals surface area contributed by atoms with Gasteiger partial charge in [0, 0.05) is 39.0 Å². The van der Waals surface area contributed by atoms with Gasteiger partial charge in [-0.25, -0.2) is 0 Å². The maximum absolute atomic E-state index is 13.7. The number of nitrogens with zero attached hydrogens (tertiary/aromatic N) is 2. The maximum Gasteiger partial charge on any atom is 0.245 e. The number of likely N-dealkylation sites (N-methyl/N-ethyl adjacent to an activating group) is 1. The van der Waals surface area contributed by atoms with Crippen LogP contribution in [-0.2, 0) is 19.2 Å². The van der Waals surface area contributed by atoms with Gasteiger partial charge in [-0.05, 0) is 51.9 Å². The summed E-state index contributed by atoms with van der Waals surface area (Å²) in [5.74, 6) is -0.833. The van der Waals surface area contributed by atoms with Crippen LogP contribution in [0.2, 0.25) is 0 Å². The topological polar surface area (TPSA) is 98.8 Å². The first-order valence-electron chi connectivity index (χ1n) is 13.5. The molecule has 0 aliphatic carbocycles. The van der Waals surface area contributed by atoms with E-state index in [0.29, 0.717) is 25.8 Å². The van der Waals surface area contributed by atoms with Crippen molar-refractivity contribution in [2.45, 2.75) is 108 Å². The molecule has 0 bridgehead atoms. The molecule has 0 radical (unpaired) electrons. The Morgan fingerprint density at radius 2 is 1.56 bits per heavy atom. The van der Waals surface area contributed by atoms with Crippen LogP contribution in [0.1, 0.15) is 96.8 Å². The molecule has 8 heteroatoms. The highest BCUT2D eigenvalue weighted by molar-refractivity contribution is 5.95. The Labute approximate surface area is 204 Å². The molecule has 0 spiro atoms. The zero-order valence-corrected chi connectivity index (χ0v) is 21.2. The Morgan fingerprint density at radius 1 is 0.912 bits per heavy atom. The Balaban J connectivity index is 1.77. The average molecular weight is 477 g/mol. The van der Waals surface area contributed by atoms with Crippen molar-refractivity contribution >= 4 is 23.6 Å². The Hall–Kier alpha value is -2.12. The summed E-state index contributed by atoms with van der Waals surface area (Å²) in [6.07, 6.45) is 12.1. The lowest BCUT2D eigenvalue weighted by Crippen LogP contribution is -2.60. The van der Waals surface area contributed by atoms with Crippen molar-refractivity contribution in [3.8, 4) is 0 Å². The van der Waals surface area contributed by atoms with E-state index in [1.807, 2.05) is 4.90 Å². The first kappa shape index (κ1) is 26.5. The summed E-state index contributed by atoms with van der Waals surface area (Å²) in [7, 11) is 1.59. The molecule has 3 rings (SSSR count). The first-order chi connectivity index (χ1) is 16.4. The van der Waals surface area contributed by atoms with Crippen LogP contribution < -0.4 is 10.6 Å². The second-order valence-corrected chi connectivity index (χ2v) is 10.6. The smallest absolute Gasteiger partial charge is 0.245 e. The van der Waals surface area contributed by atoms with E-state index in [4.69, 9.17) is 0 Å². The Kier molecular flexibility index (Phi) is 9.77. The van der Waals surface area contributed by atoms with E-state index < -0.39 is 11.6 Å². The Bertz CT molecular complexity index is 736. The summed E-state index contributed by atoms with van der Waals surface area (Å²) >= 11 is 0. The predicted octanol–water partition coefficient (Wildman–Crippen LogP) is 2.75. The van der Waals surface area contributed by atoms with Gasteiger partial charge in [0.25, 0.3) is 0 Å². The largest absolute Gasteiger partial charge is 0.357 e. The number of nitrogens with one attached hydrogen (secondary N) is 2. The minimum atomic E-state index is -0.993. The van der Waals surface area contributed by atoms with Gasteiger partial charge in [-0.3, -0.25) is 19.2 Å². The van der Waals surface area contributed by atoms with Gasteiger partial charge < -0.3 is 20.4 Å². The molecule has 0 unspecified atom stereocenters. The van der Waals surface area contributed by atoms with Crippen molar-refractivity contribution in [3.05, 3.63) is 0 Å². The van der Waals surface area contributed by atoms with Gasteiger partial charge in [0.05, 0.1) is 0 Å². The van der Waals surface area contributed by atoms with Gasteiger partial charge in [-0.15, -0.1) is 0 Å². The van der Waals surface area contributed by atoms with Crippen molar-refractivity contribution < 1.29 is 19.2 Å². The summed E-state index contributed by atoms with van der Waals surface area (Å²) in [5.41, 5.74) is -0.993. The fourth-order valence-electron chi connectivity index (χ4n) is 5.77. The quantitative estimate of drug-likeness (QED) is 0.654. The number of carbonyl (C=O) groups excluding carboxylic acids is 4. The third kappa shape index (κ3) is 6.72. The lowest BCUT2D eigenvalue weighted by molar-refractivity contribution is -0.146. The SMILES string of the molecule is CNC(=O)[C@@]1(C)CCCCCCCC[C@H](CC(=O)N2CCCCC2)C(=O)N2CCC[C@H]2C(=O)N1. The number of hydrogen-bond donors (Lipinski definition) is 2. The van der Waals surface area contributed by atoms with Crippen LogP contribution in [0.25, 0.3) is 0 Å². The zero-order chi connectivity index (χ0) is 24.6. The number of rotatable bonds is 3.